The summed E-state index contributed by atoms with van der Waals surface area (Å²) in [6.45, 7) is 53.9. The van der Waals surface area contributed by atoms with E-state index in [1.807, 2.05) is 34.6 Å². The smallest absolute Gasteiger partial charge is 0.114 e. The number of anilines is 3. The van der Waals surface area contributed by atoms with Crippen LogP contribution < -0.4 is 4.90 Å². The first kappa shape index (κ1) is 58.0. The molecule has 11 nitrogen and oxygen atoms in total. The van der Waals surface area contributed by atoms with Gasteiger partial charge in [-0.25, -0.2) is 0 Å². The number of hydrogen-bond acceptors (Lipinski definition) is 11. The van der Waals surface area contributed by atoms with Crippen molar-refractivity contribution in [3.8, 4) is 0 Å². The third kappa shape index (κ3) is 22.4. The predicted molar refractivity (Wildman–Crippen MR) is 284 cm³/mol. The highest BCUT2D eigenvalue weighted by atomic mass is 16.5. The molecule has 0 N–H and O–H groups in total. The molecule has 3 aromatic carbocycles. The molecule has 0 saturated carbocycles. The lowest BCUT2D eigenvalue weighted by Gasteiger charge is -2.28. The van der Waals surface area contributed by atoms with E-state index in [4.69, 9.17) is 47.4 Å². The summed E-state index contributed by atoms with van der Waals surface area (Å²) in [6, 6.07) is 21.0. The normalized spacial score (nSPS) is 10.7. The Bertz CT molecular complexity index is 2230. The molecule has 0 fully saturated rings. The fourth-order valence-corrected chi connectivity index (χ4v) is 6.08. The first-order valence-electron chi connectivity index (χ1n) is 23.4. The van der Waals surface area contributed by atoms with Crippen LogP contribution in [0, 0.1) is 0 Å². The van der Waals surface area contributed by atoms with Crippen molar-refractivity contribution in [3.63, 3.8) is 0 Å². The zero-order chi connectivity index (χ0) is 51.4. The van der Waals surface area contributed by atoms with Crippen molar-refractivity contribution in [2.45, 2.75) is 74.1 Å². The summed E-state index contributed by atoms with van der Waals surface area (Å²) in [6.07, 6.45) is 0.680. The molecule has 3 aromatic rings. The molecule has 0 aliphatic rings. The second-order valence-corrected chi connectivity index (χ2v) is 16.9. The molecule has 378 valence electrons. The molecule has 0 radical (unpaired) electrons. The molecule has 0 unspecified atom stereocenters. The Hall–Kier alpha value is -6.34. The van der Waals surface area contributed by atoms with E-state index in [0.717, 1.165) is 72.7 Å². The minimum atomic E-state index is 0.315. The number of ether oxygens (including phenoxy) is 10. The molecule has 0 aromatic heterocycles. The summed E-state index contributed by atoms with van der Waals surface area (Å²) in [5.74, 6) is 2.73. The van der Waals surface area contributed by atoms with Crippen LogP contribution in [-0.4, -0.2) is 66.1 Å². The molecule has 0 spiro atoms. The van der Waals surface area contributed by atoms with Crippen LogP contribution in [-0.2, 0) is 80.4 Å². The van der Waals surface area contributed by atoms with Gasteiger partial charge >= 0.3 is 0 Å². The lowest BCUT2D eigenvalue weighted by molar-refractivity contribution is 0.0662. The molecule has 0 heterocycles. The van der Waals surface area contributed by atoms with E-state index in [1.165, 1.54) is 0 Å². The Morgan fingerprint density at radius 3 is 0.886 bits per heavy atom. The van der Waals surface area contributed by atoms with E-state index in [1.54, 1.807) is 0 Å². The minimum absolute atomic E-state index is 0.315. The van der Waals surface area contributed by atoms with Crippen LogP contribution >= 0.6 is 0 Å². The zero-order valence-electron chi connectivity index (χ0n) is 42.7. The zero-order valence-corrected chi connectivity index (χ0v) is 42.7. The van der Waals surface area contributed by atoms with Gasteiger partial charge in [0.1, 0.15) is 55.2 Å². The van der Waals surface area contributed by atoms with Crippen LogP contribution in [0.1, 0.15) is 68.9 Å². The molecule has 3 rings (SSSR count). The van der Waals surface area contributed by atoms with Gasteiger partial charge in [-0.05, 0) is 127 Å². The monoisotopic (exact) mass is 960 g/mol. The molecule has 0 aliphatic heterocycles. The predicted octanol–water partition coefficient (Wildman–Crippen LogP) is 13.7. The van der Waals surface area contributed by atoms with Gasteiger partial charge in [0.05, 0.1) is 72.7 Å². The lowest BCUT2D eigenvalue weighted by Crippen LogP contribution is -2.13. The van der Waals surface area contributed by atoms with E-state index >= 15 is 0 Å². The average Bonchev–Trinajstić information content (AvgIpc) is 3.32. The molecule has 0 bridgehead atoms. The van der Waals surface area contributed by atoms with Crippen LogP contribution in [0.3, 0.4) is 0 Å². The summed E-state index contributed by atoms with van der Waals surface area (Å²) in [5.41, 5.74) is 11.3. The van der Waals surface area contributed by atoms with Crippen LogP contribution in [0.25, 0.3) is 0 Å². The first-order valence-corrected chi connectivity index (χ1v) is 23.4. The highest BCUT2D eigenvalue weighted by Crippen LogP contribution is 2.38. The van der Waals surface area contributed by atoms with Gasteiger partial charge in [-0.15, -0.1) is 0 Å². The van der Waals surface area contributed by atoms with Crippen LogP contribution in [0.4, 0.5) is 17.1 Å². The van der Waals surface area contributed by atoms with Crippen molar-refractivity contribution in [1.29, 1.82) is 0 Å². The highest BCUT2D eigenvalue weighted by Gasteiger charge is 2.18. The third-order valence-electron chi connectivity index (χ3n) is 10.2. The van der Waals surface area contributed by atoms with Gasteiger partial charge in [-0.2, -0.15) is 0 Å². The quantitative estimate of drug-likeness (QED) is 0.0311. The third-order valence-corrected chi connectivity index (χ3v) is 10.2. The number of benzene rings is 3. The van der Waals surface area contributed by atoms with Crippen LogP contribution in [0.5, 0.6) is 0 Å². The molecule has 0 saturated heterocycles. The Morgan fingerprint density at radius 1 is 0.314 bits per heavy atom. The van der Waals surface area contributed by atoms with Crippen molar-refractivity contribution >= 4 is 17.1 Å². The number of hydrogen-bond donors (Lipinski definition) is 0. The number of nitrogens with zero attached hydrogens (tertiary/aromatic N) is 1. The number of rotatable bonds is 39. The van der Waals surface area contributed by atoms with Gasteiger partial charge in [-0.1, -0.05) is 90.1 Å². The second kappa shape index (κ2) is 31.7. The maximum Gasteiger partial charge on any atom is 0.114 e. The van der Waals surface area contributed by atoms with Gasteiger partial charge in [0.25, 0.3) is 0 Å². The topological polar surface area (TPSA) is 95.5 Å². The molecular formula is C59H77NO10. The molecule has 11 heteroatoms. The lowest BCUT2D eigenvalue weighted by atomic mass is 10.0. The second-order valence-electron chi connectivity index (χ2n) is 16.9. The van der Waals surface area contributed by atoms with Gasteiger partial charge in [0, 0.05) is 23.5 Å². The van der Waals surface area contributed by atoms with Crippen molar-refractivity contribution in [2.75, 3.05) is 71.0 Å². The van der Waals surface area contributed by atoms with Crippen LogP contribution in [0.2, 0.25) is 0 Å². The van der Waals surface area contributed by atoms with Crippen molar-refractivity contribution in [1.82, 2.24) is 0 Å². The van der Waals surface area contributed by atoms with Crippen molar-refractivity contribution in [3.05, 3.63) is 211 Å². The van der Waals surface area contributed by atoms with Crippen molar-refractivity contribution < 1.29 is 47.4 Å². The summed E-state index contributed by atoms with van der Waals surface area (Å²) in [4.78, 5) is 2.21. The fraction of sp³-hybridized carbons (Fsp3) is 0.356. The Kier molecular flexibility index (Phi) is 26.3. The van der Waals surface area contributed by atoms with Gasteiger partial charge in [0.15, 0.2) is 0 Å². The average molecular weight is 960 g/mol. The molecule has 0 amide bonds. The minimum Gasteiger partial charge on any atom is -0.494 e. The Balaban J connectivity index is 2.06. The molecule has 0 atom stereocenters. The van der Waals surface area contributed by atoms with Gasteiger partial charge in [-0.3, -0.25) is 0 Å². The van der Waals surface area contributed by atoms with E-state index in [-0.39, 0.29) is 0 Å². The maximum absolute atomic E-state index is 6.24. The molecular weight excluding hydrogens is 883 g/mol. The largest absolute Gasteiger partial charge is 0.494 e. The van der Waals surface area contributed by atoms with Gasteiger partial charge in [0.2, 0.25) is 0 Å². The number of allylic oxidation sites excluding steroid dienone is 5. The Morgan fingerprint density at radius 2 is 0.586 bits per heavy atom. The van der Waals surface area contributed by atoms with E-state index in [0.29, 0.717) is 134 Å². The summed E-state index contributed by atoms with van der Waals surface area (Å²) < 4.78 is 59.2. The van der Waals surface area contributed by atoms with Crippen LogP contribution in [0.15, 0.2) is 183 Å². The van der Waals surface area contributed by atoms with E-state index in [9.17, 15) is 0 Å². The first-order chi connectivity index (χ1) is 33.4. The highest BCUT2D eigenvalue weighted by molar-refractivity contribution is 5.78. The SMILES string of the molecule is C=C(C)C(=C)OCCCOCc1cc(COCCOC(=C)C(=C)C)cc(N(c2ccc(COCCOC(=C)C(=C)C)cc2)c2cc(COCCOC(=C)C(=C)C)cc(COCCOC(=C)C(=C)C)c2)c1. The van der Waals surface area contributed by atoms with E-state index < -0.39 is 0 Å². The van der Waals surface area contributed by atoms with E-state index in [2.05, 4.69) is 131 Å². The fourth-order valence-electron chi connectivity index (χ4n) is 6.08. The summed E-state index contributed by atoms with van der Waals surface area (Å²) in [5, 5.41) is 0. The molecule has 0 aliphatic carbocycles. The maximum atomic E-state index is 6.24. The standard InChI is InChI=1S/C59H77NO10/c1-42(2)47(11)66-22-16-21-61-38-53-31-54(39-63-24-28-68-49(13)44(5)6)34-58(33-53)60(57-19-17-52(18-20-57)37-62-23-27-67-48(12)43(3)4)59-35-55(40-64-25-29-69-50(14)45(7)8)32-56(36-59)41-65-26-30-70-51(15)46(9)10/h17-20,31-36H,1,3,5,7,9,11-16,21-30,37-41H2,2,4,6,8,10H3. The molecule has 70 heavy (non-hydrogen) atoms. The summed E-state index contributed by atoms with van der Waals surface area (Å²) >= 11 is 0. The van der Waals surface area contributed by atoms with Gasteiger partial charge < -0.3 is 52.3 Å². The summed E-state index contributed by atoms with van der Waals surface area (Å²) in [7, 11) is 0. The Labute approximate surface area is 419 Å². The van der Waals surface area contributed by atoms with Crippen molar-refractivity contribution in [2.24, 2.45) is 0 Å².